The molecule has 0 bridgehead atoms. The molecule has 0 aliphatic heterocycles. The molecule has 0 radical (unpaired) electrons. The lowest BCUT2D eigenvalue weighted by atomic mass is 10.2. The van der Waals surface area contributed by atoms with Gasteiger partial charge in [-0.05, 0) is 24.3 Å². The number of methoxy groups -OCH3 is 1. The van der Waals surface area contributed by atoms with Gasteiger partial charge < -0.3 is 20.1 Å². The summed E-state index contributed by atoms with van der Waals surface area (Å²) in [6.07, 6.45) is -0.310. The van der Waals surface area contributed by atoms with Crippen molar-refractivity contribution in [1.29, 1.82) is 0 Å². The van der Waals surface area contributed by atoms with Crippen LogP contribution in [0.1, 0.15) is 12.8 Å². The fourth-order valence-corrected chi connectivity index (χ4v) is 2.49. The van der Waals surface area contributed by atoms with Gasteiger partial charge in [-0.1, -0.05) is 35.3 Å². The first-order valence-electron chi connectivity index (χ1n) is 8.22. The van der Waals surface area contributed by atoms with Crippen LogP contribution < -0.4 is 15.4 Å². The molecular formula is C19H18Cl2N2O5. The highest BCUT2D eigenvalue weighted by atomic mass is 35.5. The van der Waals surface area contributed by atoms with Gasteiger partial charge in [-0.25, -0.2) is 0 Å². The van der Waals surface area contributed by atoms with E-state index in [0.717, 1.165) is 0 Å². The first-order chi connectivity index (χ1) is 13.4. The summed E-state index contributed by atoms with van der Waals surface area (Å²) in [5.74, 6) is -1.02. The standard InChI is InChI=1S/C19H18Cl2N2O5/c1-27-13-5-2-4-12(10-13)22-17(25)11-28-18(26)9-8-16(24)23-15-7-3-6-14(20)19(15)21/h2-7,10H,8-9,11H2,1H3,(H,22,25)(H,23,24). The van der Waals surface area contributed by atoms with Crippen LogP contribution in [-0.4, -0.2) is 31.5 Å². The summed E-state index contributed by atoms with van der Waals surface area (Å²) in [7, 11) is 1.51. The second-order valence-electron chi connectivity index (χ2n) is 5.59. The number of carbonyl (C=O) groups excluding carboxylic acids is 3. The van der Waals surface area contributed by atoms with Crippen LogP contribution in [0.15, 0.2) is 42.5 Å². The first kappa shape index (κ1) is 21.5. The van der Waals surface area contributed by atoms with E-state index in [2.05, 4.69) is 10.6 Å². The average molecular weight is 425 g/mol. The monoisotopic (exact) mass is 424 g/mol. The van der Waals surface area contributed by atoms with E-state index in [1.165, 1.54) is 7.11 Å². The lowest BCUT2D eigenvalue weighted by molar-refractivity contribution is -0.147. The Morgan fingerprint density at radius 1 is 0.964 bits per heavy atom. The number of amides is 2. The summed E-state index contributed by atoms with van der Waals surface area (Å²) in [4.78, 5) is 35.5. The normalized spacial score (nSPS) is 10.1. The molecule has 2 amide bonds. The number of carbonyl (C=O) groups is 3. The summed E-state index contributed by atoms with van der Waals surface area (Å²) in [6, 6.07) is 11.6. The van der Waals surface area contributed by atoms with Crippen molar-refractivity contribution < 1.29 is 23.9 Å². The number of esters is 1. The predicted octanol–water partition coefficient (Wildman–Crippen LogP) is 3.90. The van der Waals surface area contributed by atoms with Gasteiger partial charge in [0.25, 0.3) is 5.91 Å². The summed E-state index contributed by atoms with van der Waals surface area (Å²) < 4.78 is 9.92. The second kappa shape index (κ2) is 10.5. The van der Waals surface area contributed by atoms with Crippen molar-refractivity contribution in [3.05, 3.63) is 52.5 Å². The summed E-state index contributed by atoms with van der Waals surface area (Å²) in [5.41, 5.74) is 0.864. The van der Waals surface area contributed by atoms with Gasteiger partial charge >= 0.3 is 5.97 Å². The minimum atomic E-state index is -0.673. The van der Waals surface area contributed by atoms with Gasteiger partial charge in [0.1, 0.15) is 5.75 Å². The molecular weight excluding hydrogens is 407 g/mol. The van der Waals surface area contributed by atoms with E-state index in [4.69, 9.17) is 32.7 Å². The molecule has 28 heavy (non-hydrogen) atoms. The molecule has 7 nitrogen and oxygen atoms in total. The average Bonchev–Trinajstić information content (AvgIpc) is 2.68. The van der Waals surface area contributed by atoms with Gasteiger partial charge in [-0.2, -0.15) is 0 Å². The SMILES string of the molecule is COc1cccc(NC(=O)COC(=O)CCC(=O)Nc2cccc(Cl)c2Cl)c1. The lowest BCUT2D eigenvalue weighted by Gasteiger charge is -2.09. The lowest BCUT2D eigenvalue weighted by Crippen LogP contribution is -2.21. The third-order valence-electron chi connectivity index (χ3n) is 3.50. The van der Waals surface area contributed by atoms with Gasteiger partial charge in [0, 0.05) is 18.2 Å². The highest BCUT2D eigenvalue weighted by molar-refractivity contribution is 6.44. The zero-order valence-electron chi connectivity index (χ0n) is 15.0. The zero-order valence-corrected chi connectivity index (χ0v) is 16.5. The largest absolute Gasteiger partial charge is 0.497 e. The van der Waals surface area contributed by atoms with Crippen molar-refractivity contribution in [1.82, 2.24) is 0 Å². The van der Waals surface area contributed by atoms with Gasteiger partial charge in [-0.15, -0.1) is 0 Å². The zero-order chi connectivity index (χ0) is 20.5. The molecule has 0 saturated heterocycles. The van der Waals surface area contributed by atoms with Crippen LogP contribution in [0.25, 0.3) is 0 Å². The molecule has 9 heteroatoms. The van der Waals surface area contributed by atoms with E-state index in [1.54, 1.807) is 42.5 Å². The molecule has 2 aromatic carbocycles. The molecule has 0 spiro atoms. The number of ether oxygens (including phenoxy) is 2. The topological polar surface area (TPSA) is 93.7 Å². The maximum atomic E-state index is 11.9. The van der Waals surface area contributed by atoms with Crippen LogP contribution in [0, 0.1) is 0 Å². The molecule has 0 aliphatic carbocycles. The van der Waals surface area contributed by atoms with Crippen LogP contribution in [0.3, 0.4) is 0 Å². The smallest absolute Gasteiger partial charge is 0.306 e. The second-order valence-corrected chi connectivity index (χ2v) is 6.38. The molecule has 2 aromatic rings. The van der Waals surface area contributed by atoms with E-state index in [0.29, 0.717) is 22.1 Å². The fraction of sp³-hybridized carbons (Fsp3) is 0.211. The Labute approximate surface area is 171 Å². The van der Waals surface area contributed by atoms with Gasteiger partial charge in [0.05, 0.1) is 29.3 Å². The third-order valence-corrected chi connectivity index (χ3v) is 4.32. The van der Waals surface area contributed by atoms with Crippen molar-refractivity contribution in [2.24, 2.45) is 0 Å². The molecule has 0 aromatic heterocycles. The van der Waals surface area contributed by atoms with E-state index in [1.807, 2.05) is 0 Å². The maximum absolute atomic E-state index is 11.9. The molecule has 0 fully saturated rings. The maximum Gasteiger partial charge on any atom is 0.306 e. The number of anilines is 2. The highest BCUT2D eigenvalue weighted by Crippen LogP contribution is 2.29. The molecule has 0 atom stereocenters. The first-order valence-corrected chi connectivity index (χ1v) is 8.98. The Balaban J connectivity index is 1.72. The van der Waals surface area contributed by atoms with Gasteiger partial charge in [0.2, 0.25) is 5.91 Å². The summed E-state index contributed by atoms with van der Waals surface area (Å²) in [6.45, 7) is -0.461. The van der Waals surface area contributed by atoms with Gasteiger partial charge in [0.15, 0.2) is 6.61 Å². The molecule has 0 aliphatic rings. The molecule has 0 heterocycles. The Kier molecular flexibility index (Phi) is 8.10. The van der Waals surface area contributed by atoms with Crippen LogP contribution in [0.5, 0.6) is 5.75 Å². The van der Waals surface area contributed by atoms with E-state index >= 15 is 0 Å². The van der Waals surface area contributed by atoms with Crippen molar-refractivity contribution in [3.63, 3.8) is 0 Å². The Morgan fingerprint density at radius 2 is 1.71 bits per heavy atom. The van der Waals surface area contributed by atoms with Crippen LogP contribution in [0.2, 0.25) is 10.0 Å². The van der Waals surface area contributed by atoms with Crippen molar-refractivity contribution in [2.75, 3.05) is 24.4 Å². The van der Waals surface area contributed by atoms with Crippen LogP contribution in [-0.2, 0) is 19.1 Å². The molecule has 148 valence electrons. The van der Waals surface area contributed by atoms with Crippen molar-refractivity contribution in [3.8, 4) is 5.75 Å². The molecule has 2 N–H and O–H groups in total. The van der Waals surface area contributed by atoms with Gasteiger partial charge in [-0.3, -0.25) is 14.4 Å². The highest BCUT2D eigenvalue weighted by Gasteiger charge is 2.13. The van der Waals surface area contributed by atoms with Crippen molar-refractivity contribution >= 4 is 52.4 Å². The van der Waals surface area contributed by atoms with E-state index in [-0.39, 0.29) is 17.9 Å². The quantitative estimate of drug-likeness (QED) is 0.626. The minimum absolute atomic E-state index is 0.126. The molecule has 0 unspecified atom stereocenters. The number of benzene rings is 2. The number of rotatable bonds is 8. The number of nitrogens with one attached hydrogen (secondary N) is 2. The summed E-state index contributed by atoms with van der Waals surface area (Å²) in [5, 5.41) is 5.66. The number of halogens is 2. The number of hydrogen-bond donors (Lipinski definition) is 2. The Bertz CT molecular complexity index is 873. The van der Waals surface area contributed by atoms with E-state index < -0.39 is 24.4 Å². The third kappa shape index (κ3) is 6.75. The Morgan fingerprint density at radius 3 is 2.46 bits per heavy atom. The Hall–Kier alpha value is -2.77. The predicted molar refractivity (Wildman–Crippen MR) is 107 cm³/mol. The number of hydrogen-bond acceptors (Lipinski definition) is 5. The van der Waals surface area contributed by atoms with E-state index in [9.17, 15) is 14.4 Å². The van der Waals surface area contributed by atoms with Crippen LogP contribution >= 0.6 is 23.2 Å². The van der Waals surface area contributed by atoms with Crippen molar-refractivity contribution in [2.45, 2.75) is 12.8 Å². The van der Waals surface area contributed by atoms with Crippen LogP contribution in [0.4, 0.5) is 11.4 Å². The molecule has 0 saturated carbocycles. The molecule has 2 rings (SSSR count). The minimum Gasteiger partial charge on any atom is -0.497 e. The fourth-order valence-electron chi connectivity index (χ4n) is 2.14. The summed E-state index contributed by atoms with van der Waals surface area (Å²) >= 11 is 11.8.